The van der Waals surface area contributed by atoms with Crippen molar-refractivity contribution in [2.75, 3.05) is 36.7 Å². The van der Waals surface area contributed by atoms with E-state index < -0.39 is 0 Å². The summed E-state index contributed by atoms with van der Waals surface area (Å²) in [5.41, 5.74) is 0. The van der Waals surface area contributed by atoms with Crippen molar-refractivity contribution in [2.45, 2.75) is 38.1 Å². The Labute approximate surface area is 108 Å². The molecular weight excluding hydrogens is 228 g/mol. The van der Waals surface area contributed by atoms with E-state index in [2.05, 4.69) is 25.6 Å². The fourth-order valence-corrected chi connectivity index (χ4v) is 2.17. The van der Waals surface area contributed by atoms with E-state index >= 15 is 0 Å². The van der Waals surface area contributed by atoms with Crippen LogP contribution in [0.15, 0.2) is 0 Å². The number of aromatic nitrogens is 3. The van der Waals surface area contributed by atoms with Gasteiger partial charge >= 0.3 is 0 Å². The van der Waals surface area contributed by atoms with Gasteiger partial charge in [0.1, 0.15) is 0 Å². The molecule has 1 fully saturated rings. The van der Waals surface area contributed by atoms with Crippen LogP contribution >= 0.6 is 0 Å². The molecule has 0 atom stereocenters. The van der Waals surface area contributed by atoms with Crippen LogP contribution in [-0.4, -0.2) is 42.1 Å². The predicted octanol–water partition coefficient (Wildman–Crippen LogP) is 1.72. The van der Waals surface area contributed by atoms with Crippen LogP contribution in [0.25, 0.3) is 0 Å². The monoisotopic (exact) mass is 250 g/mol. The molecule has 1 heterocycles. The third-order valence-electron chi connectivity index (χ3n) is 3.19. The zero-order chi connectivity index (χ0) is 13.0. The standard InChI is InChI=1S/C12H22N6/c1-13-10-15-11(17-12(16-10)18(2)3)14-9-7-5-4-6-8-9/h9H,4-8H2,1-3H3,(H2,13,14,15,16,17). The molecule has 1 aromatic heterocycles. The van der Waals surface area contributed by atoms with Gasteiger partial charge in [0, 0.05) is 27.2 Å². The summed E-state index contributed by atoms with van der Waals surface area (Å²) in [5, 5.41) is 6.39. The summed E-state index contributed by atoms with van der Waals surface area (Å²) in [6.45, 7) is 0. The van der Waals surface area contributed by atoms with Crippen molar-refractivity contribution < 1.29 is 0 Å². The summed E-state index contributed by atoms with van der Waals surface area (Å²) in [6.07, 6.45) is 6.35. The van der Waals surface area contributed by atoms with Gasteiger partial charge in [0.15, 0.2) is 0 Å². The maximum atomic E-state index is 4.43. The minimum absolute atomic E-state index is 0.501. The maximum Gasteiger partial charge on any atom is 0.231 e. The minimum atomic E-state index is 0.501. The molecule has 0 spiro atoms. The molecule has 0 radical (unpaired) electrons. The molecule has 0 aromatic carbocycles. The highest BCUT2D eigenvalue weighted by Crippen LogP contribution is 2.21. The fraction of sp³-hybridized carbons (Fsp3) is 0.750. The number of hydrogen-bond donors (Lipinski definition) is 2. The molecule has 0 bridgehead atoms. The average Bonchev–Trinajstić information content (AvgIpc) is 2.39. The van der Waals surface area contributed by atoms with Crippen molar-refractivity contribution >= 4 is 17.8 Å². The third kappa shape index (κ3) is 3.21. The van der Waals surface area contributed by atoms with Crippen molar-refractivity contribution in [3.05, 3.63) is 0 Å². The molecule has 2 N–H and O–H groups in total. The van der Waals surface area contributed by atoms with E-state index in [1.165, 1.54) is 32.1 Å². The molecule has 0 saturated heterocycles. The number of nitrogens with zero attached hydrogens (tertiary/aromatic N) is 4. The molecule has 0 amide bonds. The van der Waals surface area contributed by atoms with Gasteiger partial charge in [0.2, 0.25) is 17.8 Å². The topological polar surface area (TPSA) is 66.0 Å². The van der Waals surface area contributed by atoms with E-state index in [-0.39, 0.29) is 0 Å². The first kappa shape index (κ1) is 12.9. The molecule has 1 aromatic rings. The first-order chi connectivity index (χ1) is 8.69. The van der Waals surface area contributed by atoms with Crippen LogP contribution in [0.2, 0.25) is 0 Å². The molecule has 6 heteroatoms. The van der Waals surface area contributed by atoms with Gasteiger partial charge in [-0.25, -0.2) is 0 Å². The predicted molar refractivity (Wildman–Crippen MR) is 74.2 cm³/mol. The van der Waals surface area contributed by atoms with E-state index in [0.717, 1.165) is 0 Å². The Kier molecular flexibility index (Phi) is 4.17. The zero-order valence-electron chi connectivity index (χ0n) is 11.4. The second-order valence-electron chi connectivity index (χ2n) is 4.91. The Balaban J connectivity index is 2.12. The van der Waals surface area contributed by atoms with Crippen LogP contribution in [-0.2, 0) is 0 Å². The maximum absolute atomic E-state index is 4.43. The van der Waals surface area contributed by atoms with Gasteiger partial charge in [-0.15, -0.1) is 0 Å². The summed E-state index contributed by atoms with van der Waals surface area (Å²) in [6, 6.07) is 0.501. The molecular formula is C12H22N6. The fourth-order valence-electron chi connectivity index (χ4n) is 2.17. The van der Waals surface area contributed by atoms with Crippen LogP contribution in [0.3, 0.4) is 0 Å². The Hall–Kier alpha value is -1.59. The van der Waals surface area contributed by atoms with Crippen LogP contribution in [0, 0.1) is 0 Å². The average molecular weight is 250 g/mol. The zero-order valence-corrected chi connectivity index (χ0v) is 11.4. The van der Waals surface area contributed by atoms with E-state index in [9.17, 15) is 0 Å². The Bertz CT molecular complexity index is 386. The highest BCUT2D eigenvalue weighted by molar-refractivity contribution is 5.43. The molecule has 1 saturated carbocycles. The summed E-state index contributed by atoms with van der Waals surface area (Å²) in [7, 11) is 5.68. The summed E-state index contributed by atoms with van der Waals surface area (Å²) < 4.78 is 0. The lowest BCUT2D eigenvalue weighted by atomic mass is 9.96. The van der Waals surface area contributed by atoms with Gasteiger partial charge in [0.25, 0.3) is 0 Å². The van der Waals surface area contributed by atoms with Crippen molar-refractivity contribution in [3.8, 4) is 0 Å². The highest BCUT2D eigenvalue weighted by atomic mass is 15.3. The van der Waals surface area contributed by atoms with Crippen LogP contribution in [0.1, 0.15) is 32.1 Å². The van der Waals surface area contributed by atoms with E-state index in [1.54, 1.807) is 0 Å². The van der Waals surface area contributed by atoms with E-state index in [0.29, 0.717) is 23.9 Å². The number of hydrogen-bond acceptors (Lipinski definition) is 6. The van der Waals surface area contributed by atoms with Gasteiger partial charge in [-0.1, -0.05) is 19.3 Å². The first-order valence-corrected chi connectivity index (χ1v) is 6.56. The van der Waals surface area contributed by atoms with Gasteiger partial charge < -0.3 is 15.5 Å². The highest BCUT2D eigenvalue weighted by Gasteiger charge is 2.15. The smallest absolute Gasteiger partial charge is 0.231 e. The number of rotatable bonds is 4. The molecule has 0 aliphatic heterocycles. The quantitative estimate of drug-likeness (QED) is 0.848. The lowest BCUT2D eigenvalue weighted by molar-refractivity contribution is 0.461. The first-order valence-electron chi connectivity index (χ1n) is 6.56. The minimum Gasteiger partial charge on any atom is -0.357 e. The summed E-state index contributed by atoms with van der Waals surface area (Å²) >= 11 is 0. The molecule has 100 valence electrons. The largest absolute Gasteiger partial charge is 0.357 e. The van der Waals surface area contributed by atoms with Gasteiger partial charge in [0.05, 0.1) is 0 Å². The van der Waals surface area contributed by atoms with Gasteiger partial charge in [-0.05, 0) is 12.8 Å². The molecule has 1 aliphatic carbocycles. The van der Waals surface area contributed by atoms with Crippen molar-refractivity contribution in [2.24, 2.45) is 0 Å². The molecule has 6 nitrogen and oxygen atoms in total. The normalized spacial score (nSPS) is 16.4. The Morgan fingerprint density at radius 2 is 1.67 bits per heavy atom. The lowest BCUT2D eigenvalue weighted by Crippen LogP contribution is -2.25. The molecule has 18 heavy (non-hydrogen) atoms. The second-order valence-corrected chi connectivity index (χ2v) is 4.91. The Morgan fingerprint density at radius 1 is 1.00 bits per heavy atom. The van der Waals surface area contributed by atoms with Gasteiger partial charge in [-0.2, -0.15) is 15.0 Å². The van der Waals surface area contributed by atoms with Crippen LogP contribution < -0.4 is 15.5 Å². The number of nitrogens with one attached hydrogen (secondary N) is 2. The lowest BCUT2D eigenvalue weighted by Gasteiger charge is -2.23. The van der Waals surface area contributed by atoms with Crippen molar-refractivity contribution in [1.82, 2.24) is 15.0 Å². The van der Waals surface area contributed by atoms with Gasteiger partial charge in [-0.3, -0.25) is 0 Å². The molecule has 2 rings (SSSR count). The SMILES string of the molecule is CNc1nc(NC2CCCCC2)nc(N(C)C)n1. The third-order valence-corrected chi connectivity index (χ3v) is 3.19. The molecule has 1 aliphatic rings. The second kappa shape index (κ2) is 5.84. The number of anilines is 3. The summed E-state index contributed by atoms with van der Waals surface area (Å²) in [5.74, 6) is 1.95. The van der Waals surface area contributed by atoms with Crippen LogP contribution in [0.5, 0.6) is 0 Å². The van der Waals surface area contributed by atoms with Crippen LogP contribution in [0.4, 0.5) is 17.8 Å². The van der Waals surface area contributed by atoms with E-state index in [1.807, 2.05) is 26.0 Å². The summed E-state index contributed by atoms with van der Waals surface area (Å²) in [4.78, 5) is 15.0. The van der Waals surface area contributed by atoms with Crippen molar-refractivity contribution in [1.29, 1.82) is 0 Å². The van der Waals surface area contributed by atoms with Crippen molar-refractivity contribution in [3.63, 3.8) is 0 Å². The van der Waals surface area contributed by atoms with E-state index in [4.69, 9.17) is 0 Å². The Morgan fingerprint density at radius 3 is 2.28 bits per heavy atom. The molecule has 0 unspecified atom stereocenters.